The van der Waals surface area contributed by atoms with Crippen molar-refractivity contribution in [2.24, 2.45) is 0 Å². The number of fused-ring (bicyclic) bond motifs is 1. The Kier molecular flexibility index (Phi) is 6.14. The highest BCUT2D eigenvalue weighted by Crippen LogP contribution is 2.31. The van der Waals surface area contributed by atoms with E-state index in [2.05, 4.69) is 21.5 Å². The van der Waals surface area contributed by atoms with Gasteiger partial charge in [-0.3, -0.25) is 4.79 Å². The van der Waals surface area contributed by atoms with Crippen molar-refractivity contribution >= 4 is 23.3 Å². The quantitative estimate of drug-likeness (QED) is 0.486. The molecule has 0 spiro atoms. The summed E-state index contributed by atoms with van der Waals surface area (Å²) >= 11 is 1.46. The maximum atomic E-state index is 12.8. The Bertz CT molecular complexity index is 1340. The van der Waals surface area contributed by atoms with Gasteiger partial charge in [-0.15, -0.1) is 5.10 Å². The third-order valence-electron chi connectivity index (χ3n) is 5.25. The Hall–Kier alpha value is -3.39. The molecule has 0 radical (unpaired) electrons. The Balaban J connectivity index is 1.55. The molecular formula is C24H25N5O2S. The van der Waals surface area contributed by atoms with Crippen LogP contribution in [0.1, 0.15) is 35.2 Å². The van der Waals surface area contributed by atoms with Gasteiger partial charge in [0, 0.05) is 17.3 Å². The Morgan fingerprint density at radius 3 is 2.53 bits per heavy atom. The molecule has 1 N–H and O–H groups in total. The van der Waals surface area contributed by atoms with Crippen LogP contribution in [0.4, 0.5) is 0 Å². The lowest BCUT2D eigenvalue weighted by atomic mass is 10.1. The largest absolute Gasteiger partial charge is 0.350 e. The van der Waals surface area contributed by atoms with Crippen molar-refractivity contribution in [2.75, 3.05) is 0 Å². The van der Waals surface area contributed by atoms with Gasteiger partial charge in [-0.2, -0.15) is 0 Å². The molecule has 32 heavy (non-hydrogen) atoms. The Labute approximate surface area is 190 Å². The van der Waals surface area contributed by atoms with E-state index in [9.17, 15) is 9.59 Å². The lowest BCUT2D eigenvalue weighted by Gasteiger charge is -2.14. The van der Waals surface area contributed by atoms with E-state index < -0.39 is 0 Å². The molecule has 0 aliphatic carbocycles. The molecule has 164 valence electrons. The number of hydrogen-bond donors (Lipinski definition) is 1. The molecule has 2 aromatic heterocycles. The Morgan fingerprint density at radius 1 is 1.09 bits per heavy atom. The highest BCUT2D eigenvalue weighted by Gasteiger charge is 2.17. The second-order valence-corrected chi connectivity index (χ2v) is 8.97. The summed E-state index contributed by atoms with van der Waals surface area (Å²) in [5.41, 5.74) is 4.54. The standard InChI is InChI=1S/C24H25N5O2S/c1-15-5-8-19(9-6-15)18(4)26-21(30)14-29-24(31)28-12-11-25-23(22(28)27-29)32-20-10-7-16(2)13-17(20)3/h5-13,18H,14H2,1-4H3,(H,26,30)/t18-/m0/s1. The highest BCUT2D eigenvalue weighted by molar-refractivity contribution is 7.99. The molecule has 4 aromatic rings. The predicted octanol–water partition coefficient (Wildman–Crippen LogP) is 3.84. The number of hydrogen-bond acceptors (Lipinski definition) is 5. The van der Waals surface area contributed by atoms with Gasteiger partial charge in [0.2, 0.25) is 5.91 Å². The first-order valence-electron chi connectivity index (χ1n) is 10.4. The molecule has 0 saturated carbocycles. The number of aromatic nitrogens is 4. The highest BCUT2D eigenvalue weighted by atomic mass is 32.2. The molecule has 8 heteroatoms. The van der Waals surface area contributed by atoms with Crippen LogP contribution in [-0.2, 0) is 11.3 Å². The van der Waals surface area contributed by atoms with Crippen molar-refractivity contribution in [1.29, 1.82) is 0 Å². The minimum atomic E-state index is -0.372. The molecule has 0 fully saturated rings. The fourth-order valence-electron chi connectivity index (χ4n) is 3.48. The summed E-state index contributed by atoms with van der Waals surface area (Å²) in [7, 11) is 0. The zero-order chi connectivity index (χ0) is 22.8. The van der Waals surface area contributed by atoms with E-state index in [1.807, 2.05) is 64.1 Å². The van der Waals surface area contributed by atoms with E-state index in [0.29, 0.717) is 10.7 Å². The first kappa shape index (κ1) is 21.8. The van der Waals surface area contributed by atoms with Crippen LogP contribution in [0.3, 0.4) is 0 Å². The van der Waals surface area contributed by atoms with E-state index in [1.54, 1.807) is 12.4 Å². The smallest absolute Gasteiger partial charge is 0.348 e. The maximum Gasteiger partial charge on any atom is 0.350 e. The number of amides is 1. The van der Waals surface area contributed by atoms with E-state index in [4.69, 9.17) is 0 Å². The molecule has 1 atom stereocenters. The molecule has 0 saturated heterocycles. The molecule has 0 unspecified atom stereocenters. The third-order valence-corrected chi connectivity index (χ3v) is 6.41. The van der Waals surface area contributed by atoms with Crippen LogP contribution in [0.2, 0.25) is 0 Å². The van der Waals surface area contributed by atoms with Crippen molar-refractivity contribution in [1.82, 2.24) is 24.5 Å². The molecule has 0 aliphatic rings. The fraction of sp³-hybridized carbons (Fsp3) is 0.250. The van der Waals surface area contributed by atoms with Gasteiger partial charge in [-0.1, -0.05) is 59.3 Å². The van der Waals surface area contributed by atoms with Crippen molar-refractivity contribution in [3.05, 3.63) is 87.6 Å². The second kappa shape index (κ2) is 9.00. The zero-order valence-corrected chi connectivity index (χ0v) is 19.3. The van der Waals surface area contributed by atoms with E-state index in [-0.39, 0.29) is 24.2 Å². The molecule has 0 aliphatic heterocycles. The SMILES string of the molecule is Cc1ccc([C@H](C)NC(=O)Cn2nc3c(Sc4ccc(C)cc4C)nccn3c2=O)cc1. The lowest BCUT2D eigenvalue weighted by molar-refractivity contribution is -0.122. The fourth-order valence-corrected chi connectivity index (χ4v) is 4.39. The van der Waals surface area contributed by atoms with E-state index in [1.165, 1.54) is 26.4 Å². The molecule has 2 heterocycles. The van der Waals surface area contributed by atoms with Crippen molar-refractivity contribution in [3.63, 3.8) is 0 Å². The van der Waals surface area contributed by atoms with E-state index >= 15 is 0 Å². The van der Waals surface area contributed by atoms with Crippen LogP contribution in [-0.4, -0.2) is 25.1 Å². The van der Waals surface area contributed by atoms with Gasteiger partial charge in [0.05, 0.1) is 6.04 Å². The molecule has 4 rings (SSSR count). The minimum absolute atomic E-state index is 0.162. The van der Waals surface area contributed by atoms with Gasteiger partial charge in [0.1, 0.15) is 11.6 Å². The zero-order valence-electron chi connectivity index (χ0n) is 18.5. The summed E-state index contributed by atoms with van der Waals surface area (Å²) in [4.78, 5) is 30.9. The normalized spacial score (nSPS) is 12.1. The monoisotopic (exact) mass is 447 g/mol. The molecular weight excluding hydrogens is 422 g/mol. The molecule has 2 aromatic carbocycles. The van der Waals surface area contributed by atoms with Gasteiger partial charge < -0.3 is 5.32 Å². The average molecular weight is 448 g/mol. The van der Waals surface area contributed by atoms with Crippen LogP contribution in [0, 0.1) is 20.8 Å². The average Bonchev–Trinajstić information content (AvgIpc) is 3.07. The number of aryl methyl sites for hydroxylation is 3. The van der Waals surface area contributed by atoms with Gasteiger partial charge in [-0.05, 0) is 44.9 Å². The number of nitrogens with one attached hydrogen (secondary N) is 1. The van der Waals surface area contributed by atoms with Gasteiger partial charge >= 0.3 is 5.69 Å². The number of rotatable bonds is 6. The van der Waals surface area contributed by atoms with Crippen LogP contribution in [0.15, 0.2) is 69.6 Å². The van der Waals surface area contributed by atoms with Gasteiger partial charge in [0.15, 0.2) is 5.65 Å². The van der Waals surface area contributed by atoms with Crippen molar-refractivity contribution in [2.45, 2.75) is 50.2 Å². The first-order chi connectivity index (χ1) is 15.3. The minimum Gasteiger partial charge on any atom is -0.348 e. The summed E-state index contributed by atoms with van der Waals surface area (Å²) in [5.74, 6) is -0.278. The van der Waals surface area contributed by atoms with Crippen LogP contribution < -0.4 is 11.0 Å². The summed E-state index contributed by atoms with van der Waals surface area (Å²) in [5, 5.41) is 7.96. The third kappa shape index (κ3) is 4.60. The van der Waals surface area contributed by atoms with Gasteiger partial charge in [0.25, 0.3) is 0 Å². The molecule has 1 amide bonds. The molecule has 7 nitrogen and oxygen atoms in total. The summed E-state index contributed by atoms with van der Waals surface area (Å²) in [6.07, 6.45) is 3.14. The number of benzene rings is 2. The topological polar surface area (TPSA) is 81.3 Å². The van der Waals surface area contributed by atoms with Crippen molar-refractivity contribution in [3.8, 4) is 0 Å². The van der Waals surface area contributed by atoms with Gasteiger partial charge in [-0.25, -0.2) is 18.9 Å². The number of nitrogens with zero attached hydrogens (tertiary/aromatic N) is 4. The lowest BCUT2D eigenvalue weighted by Crippen LogP contribution is -2.34. The molecule has 0 bridgehead atoms. The Morgan fingerprint density at radius 2 is 1.81 bits per heavy atom. The second-order valence-electron chi connectivity index (χ2n) is 7.94. The van der Waals surface area contributed by atoms with Crippen LogP contribution in [0.5, 0.6) is 0 Å². The number of carbonyl (C=O) groups excluding carboxylic acids is 1. The van der Waals surface area contributed by atoms with Crippen molar-refractivity contribution < 1.29 is 4.79 Å². The summed E-state index contributed by atoms with van der Waals surface area (Å²) in [6, 6.07) is 14.0. The summed E-state index contributed by atoms with van der Waals surface area (Å²) < 4.78 is 2.61. The number of carbonyl (C=O) groups is 1. The van der Waals surface area contributed by atoms with Crippen LogP contribution >= 0.6 is 11.8 Å². The van der Waals surface area contributed by atoms with Crippen LogP contribution in [0.25, 0.3) is 5.65 Å². The van der Waals surface area contributed by atoms with E-state index in [0.717, 1.165) is 21.6 Å². The summed E-state index contributed by atoms with van der Waals surface area (Å²) in [6.45, 7) is 7.86. The maximum absolute atomic E-state index is 12.8. The predicted molar refractivity (Wildman–Crippen MR) is 125 cm³/mol. The first-order valence-corrected chi connectivity index (χ1v) is 11.2.